The number of rotatable bonds is 11. The van der Waals surface area contributed by atoms with Gasteiger partial charge in [-0.15, -0.1) is 5.10 Å². The second-order valence-electron chi connectivity index (χ2n) is 13.0. The Morgan fingerprint density at radius 2 is 1.48 bits per heavy atom. The topological polar surface area (TPSA) is 117 Å². The molecule has 1 fully saturated rings. The summed E-state index contributed by atoms with van der Waals surface area (Å²) in [6.07, 6.45) is 11.0. The summed E-state index contributed by atoms with van der Waals surface area (Å²) < 4.78 is 7.12. The number of carbonyl (C=O) groups is 1. The second-order valence-corrected chi connectivity index (χ2v) is 13.0. The van der Waals surface area contributed by atoms with Gasteiger partial charge in [0, 0.05) is 30.9 Å². The summed E-state index contributed by atoms with van der Waals surface area (Å²) in [4.78, 5) is 35.6. The molecule has 0 spiro atoms. The van der Waals surface area contributed by atoms with E-state index in [4.69, 9.17) is 10.1 Å². The first kappa shape index (κ1) is 31.2. The molecular weight excluding hydrogens is 626 g/mol. The molecule has 1 aliphatic carbocycles. The first-order chi connectivity index (χ1) is 24.4. The van der Waals surface area contributed by atoms with Crippen LogP contribution in [-0.2, 0) is 16.9 Å². The minimum Gasteiger partial charge on any atom is -0.354 e. The average Bonchev–Trinajstić information content (AvgIpc) is 3.47. The Morgan fingerprint density at radius 1 is 0.860 bits per heavy atom. The van der Waals surface area contributed by atoms with Gasteiger partial charge in [-0.05, 0) is 43.4 Å². The molecule has 0 saturated heterocycles. The molecular formula is C39H37N9O2. The van der Waals surface area contributed by atoms with Crippen molar-refractivity contribution in [3.05, 3.63) is 149 Å². The fourth-order valence-electron chi connectivity index (χ4n) is 6.80. The third-order valence-corrected chi connectivity index (χ3v) is 9.37. The van der Waals surface area contributed by atoms with E-state index in [-0.39, 0.29) is 29.1 Å². The number of hydrogen-bond acceptors (Lipinski definition) is 6. The quantitative estimate of drug-likeness (QED) is 0.181. The molecule has 0 unspecified atom stereocenters. The van der Waals surface area contributed by atoms with Crippen molar-refractivity contribution >= 4 is 11.6 Å². The molecule has 3 aromatic carbocycles. The van der Waals surface area contributed by atoms with Gasteiger partial charge < -0.3 is 9.88 Å². The molecule has 1 amide bonds. The molecule has 11 nitrogen and oxygen atoms in total. The molecule has 0 atom stereocenters. The van der Waals surface area contributed by atoms with Crippen molar-refractivity contribution in [2.45, 2.75) is 44.8 Å². The summed E-state index contributed by atoms with van der Waals surface area (Å²) in [5, 5.41) is 12.5. The number of nitrogens with one attached hydrogen (secondary N) is 1. The summed E-state index contributed by atoms with van der Waals surface area (Å²) in [6.45, 7) is 4.88. The summed E-state index contributed by atoms with van der Waals surface area (Å²) in [6, 6.07) is 31.0. The average molecular weight is 664 g/mol. The standard InChI is InChI=1S/C39H37N9O2/c1-27(2)47-35(29-22-43-46(24-29)21-20-40-37(49)28-18-19-28)44-48-34(23-41-36(48)38(47)50)33-25-45(26-42-33)39(30-12-6-3-7-13-30,31-14-8-4-9-15-31)32-16-10-5-11-17-32/h3-17,22-28H,18-21H2,1-2H3,(H,40,49). The SMILES string of the molecule is CC(C)n1c(-c2cnn(CCNC(=O)C3CC3)c2)nn2c(-c3cn(C(c4ccccc4)(c4ccccc4)c4ccccc4)cn3)cnc2c1=O. The summed E-state index contributed by atoms with van der Waals surface area (Å²) >= 11 is 0. The number of nitrogens with zero attached hydrogens (tertiary/aromatic N) is 8. The molecule has 4 heterocycles. The lowest BCUT2D eigenvalue weighted by Crippen LogP contribution is -2.36. The number of imidazole rings is 2. The van der Waals surface area contributed by atoms with Crippen LogP contribution in [0.5, 0.6) is 0 Å². The Balaban J connectivity index is 1.23. The molecule has 8 rings (SSSR count). The van der Waals surface area contributed by atoms with E-state index in [0.717, 1.165) is 29.5 Å². The fourth-order valence-corrected chi connectivity index (χ4v) is 6.80. The van der Waals surface area contributed by atoms with Crippen LogP contribution in [0.15, 0.2) is 127 Å². The van der Waals surface area contributed by atoms with Gasteiger partial charge in [0.25, 0.3) is 5.56 Å². The van der Waals surface area contributed by atoms with Crippen LogP contribution in [0, 0.1) is 5.92 Å². The predicted octanol–water partition coefficient (Wildman–Crippen LogP) is 5.57. The van der Waals surface area contributed by atoms with E-state index in [0.29, 0.717) is 35.9 Å². The Hall–Kier alpha value is -6.10. The molecule has 1 saturated carbocycles. The van der Waals surface area contributed by atoms with Crippen LogP contribution in [-0.4, -0.2) is 50.9 Å². The zero-order valence-electron chi connectivity index (χ0n) is 27.9. The number of amides is 1. The van der Waals surface area contributed by atoms with Crippen molar-refractivity contribution in [3.8, 4) is 22.8 Å². The molecule has 1 N–H and O–H groups in total. The minimum atomic E-state index is -0.745. The minimum absolute atomic E-state index is 0.0989. The van der Waals surface area contributed by atoms with E-state index < -0.39 is 5.54 Å². The molecule has 0 bridgehead atoms. The second kappa shape index (κ2) is 12.7. The zero-order valence-corrected chi connectivity index (χ0v) is 27.9. The van der Waals surface area contributed by atoms with Gasteiger partial charge in [-0.1, -0.05) is 91.0 Å². The monoisotopic (exact) mass is 663 g/mol. The van der Waals surface area contributed by atoms with Crippen LogP contribution >= 0.6 is 0 Å². The van der Waals surface area contributed by atoms with Gasteiger partial charge in [0.1, 0.15) is 16.9 Å². The Morgan fingerprint density at radius 3 is 2.06 bits per heavy atom. The van der Waals surface area contributed by atoms with Gasteiger partial charge in [-0.3, -0.25) is 18.8 Å². The predicted molar refractivity (Wildman–Crippen MR) is 190 cm³/mol. The Bertz CT molecular complexity index is 2240. The highest BCUT2D eigenvalue weighted by atomic mass is 16.2. The van der Waals surface area contributed by atoms with E-state index in [1.165, 1.54) is 0 Å². The maximum atomic E-state index is 14.0. The van der Waals surface area contributed by atoms with E-state index in [2.05, 4.69) is 92.8 Å². The van der Waals surface area contributed by atoms with Crippen LogP contribution in [0.25, 0.3) is 28.4 Å². The lowest BCUT2D eigenvalue weighted by Gasteiger charge is -2.37. The number of benzene rings is 3. The maximum Gasteiger partial charge on any atom is 0.297 e. The van der Waals surface area contributed by atoms with Crippen LogP contribution in [0.2, 0.25) is 0 Å². The molecule has 11 heteroatoms. The normalized spacial score (nSPS) is 13.3. The van der Waals surface area contributed by atoms with E-state index in [1.54, 1.807) is 26.2 Å². The molecule has 250 valence electrons. The molecule has 1 aliphatic rings. The first-order valence-electron chi connectivity index (χ1n) is 17.0. The molecule has 7 aromatic rings. The van der Waals surface area contributed by atoms with Crippen molar-refractivity contribution in [1.82, 2.24) is 43.8 Å². The van der Waals surface area contributed by atoms with Gasteiger partial charge in [-0.25, -0.2) is 14.5 Å². The van der Waals surface area contributed by atoms with Crippen LogP contribution in [0.4, 0.5) is 0 Å². The smallest absolute Gasteiger partial charge is 0.297 e. The summed E-state index contributed by atoms with van der Waals surface area (Å²) in [7, 11) is 0. The summed E-state index contributed by atoms with van der Waals surface area (Å²) in [5.74, 6) is 0.722. The van der Waals surface area contributed by atoms with Crippen LogP contribution in [0.3, 0.4) is 0 Å². The van der Waals surface area contributed by atoms with E-state index in [1.807, 2.05) is 50.8 Å². The third-order valence-electron chi connectivity index (χ3n) is 9.37. The lowest BCUT2D eigenvalue weighted by atomic mass is 9.77. The molecule has 50 heavy (non-hydrogen) atoms. The van der Waals surface area contributed by atoms with Crippen molar-refractivity contribution in [3.63, 3.8) is 0 Å². The number of carbonyl (C=O) groups excluding carboxylic acids is 1. The zero-order chi connectivity index (χ0) is 34.2. The third kappa shape index (κ3) is 5.40. The highest BCUT2D eigenvalue weighted by Gasteiger charge is 2.38. The van der Waals surface area contributed by atoms with E-state index in [9.17, 15) is 9.59 Å². The first-order valence-corrected chi connectivity index (χ1v) is 17.0. The van der Waals surface area contributed by atoms with E-state index >= 15 is 0 Å². The number of fused-ring (bicyclic) bond motifs is 1. The number of aromatic nitrogens is 8. The molecule has 4 aromatic heterocycles. The van der Waals surface area contributed by atoms with Gasteiger partial charge in [0.15, 0.2) is 5.82 Å². The van der Waals surface area contributed by atoms with Crippen molar-refractivity contribution in [2.24, 2.45) is 5.92 Å². The largest absolute Gasteiger partial charge is 0.354 e. The highest BCUT2D eigenvalue weighted by Crippen LogP contribution is 2.41. The van der Waals surface area contributed by atoms with Crippen LogP contribution < -0.4 is 10.9 Å². The Kier molecular flexibility index (Phi) is 7.94. The Labute approximate surface area is 288 Å². The molecule has 0 radical (unpaired) electrons. The summed E-state index contributed by atoms with van der Waals surface area (Å²) in [5.41, 5.74) is 4.32. The lowest BCUT2D eigenvalue weighted by molar-refractivity contribution is -0.122. The number of hydrogen-bond donors (Lipinski definition) is 1. The fraction of sp³-hybridized carbons (Fsp3) is 0.231. The van der Waals surface area contributed by atoms with Gasteiger partial charge in [0.05, 0.1) is 30.8 Å². The van der Waals surface area contributed by atoms with Crippen molar-refractivity contribution < 1.29 is 4.79 Å². The molecule has 0 aliphatic heterocycles. The van der Waals surface area contributed by atoms with Gasteiger partial charge >= 0.3 is 0 Å². The van der Waals surface area contributed by atoms with Gasteiger partial charge in [-0.2, -0.15) is 5.10 Å². The van der Waals surface area contributed by atoms with Crippen molar-refractivity contribution in [2.75, 3.05) is 6.54 Å². The highest BCUT2D eigenvalue weighted by molar-refractivity contribution is 5.80. The van der Waals surface area contributed by atoms with Gasteiger partial charge in [0.2, 0.25) is 11.6 Å². The maximum absolute atomic E-state index is 14.0. The van der Waals surface area contributed by atoms with Crippen LogP contribution in [0.1, 0.15) is 49.4 Å². The van der Waals surface area contributed by atoms with Crippen molar-refractivity contribution in [1.29, 1.82) is 0 Å².